The molecule has 0 bridgehead atoms. The van der Waals surface area contributed by atoms with Crippen LogP contribution in [0.2, 0.25) is 0 Å². The summed E-state index contributed by atoms with van der Waals surface area (Å²) in [5, 5.41) is 9.42. The van der Waals surface area contributed by atoms with Crippen molar-refractivity contribution in [1.82, 2.24) is 4.72 Å². The van der Waals surface area contributed by atoms with Gasteiger partial charge in [-0.2, -0.15) is 4.72 Å². The Morgan fingerprint density at radius 2 is 1.92 bits per heavy atom. The van der Waals surface area contributed by atoms with E-state index in [1.807, 2.05) is 19.9 Å². The minimum atomic E-state index is -3.97. The van der Waals surface area contributed by atoms with E-state index >= 15 is 0 Å². The van der Waals surface area contributed by atoms with Crippen molar-refractivity contribution in [2.24, 2.45) is 0 Å². The fraction of sp³-hybridized carbons (Fsp3) is 0.316. The van der Waals surface area contributed by atoms with E-state index < -0.39 is 22.0 Å². The molecule has 6 nitrogen and oxygen atoms in total. The van der Waals surface area contributed by atoms with Gasteiger partial charge >= 0.3 is 5.97 Å². The van der Waals surface area contributed by atoms with Gasteiger partial charge in [0.1, 0.15) is 17.4 Å². The number of rotatable bonds is 6. The number of carboxylic acid groups (broad SMARTS) is 1. The number of hydrogen-bond acceptors (Lipinski definition) is 4. The number of sulfonamides is 1. The van der Waals surface area contributed by atoms with Crippen molar-refractivity contribution in [3.05, 3.63) is 59.7 Å². The maximum Gasteiger partial charge on any atom is 0.322 e. The molecule has 3 rings (SSSR count). The summed E-state index contributed by atoms with van der Waals surface area (Å²) in [6.45, 7) is 3.86. The smallest absolute Gasteiger partial charge is 0.322 e. The summed E-state index contributed by atoms with van der Waals surface area (Å²) in [7, 11) is -3.97. The number of aliphatic carboxylic acids is 1. The van der Waals surface area contributed by atoms with Crippen molar-refractivity contribution in [3.8, 4) is 5.75 Å². The lowest BCUT2D eigenvalue weighted by molar-refractivity contribution is -0.138. The number of carboxylic acids is 1. The first kappa shape index (κ1) is 18.4. The van der Waals surface area contributed by atoms with E-state index in [9.17, 15) is 18.3 Å². The van der Waals surface area contributed by atoms with E-state index in [0.29, 0.717) is 12.2 Å². The maximum atomic E-state index is 12.7. The van der Waals surface area contributed by atoms with Crippen molar-refractivity contribution in [1.29, 1.82) is 0 Å². The zero-order valence-corrected chi connectivity index (χ0v) is 15.4. The highest BCUT2D eigenvalue weighted by molar-refractivity contribution is 7.89. The predicted molar refractivity (Wildman–Crippen MR) is 96.7 cm³/mol. The summed E-state index contributed by atoms with van der Waals surface area (Å²) in [5.41, 5.74) is 1.16. The van der Waals surface area contributed by atoms with E-state index in [1.54, 1.807) is 36.4 Å². The third kappa shape index (κ3) is 4.05. The molecule has 0 spiro atoms. The molecule has 1 atom stereocenters. The van der Waals surface area contributed by atoms with Crippen LogP contribution in [0, 0.1) is 0 Å². The first-order chi connectivity index (χ1) is 12.2. The molecule has 0 amide bonds. The highest BCUT2D eigenvalue weighted by Gasteiger charge is 2.32. The Labute approximate surface area is 152 Å². The second-order valence-electron chi connectivity index (χ2n) is 7.01. The van der Waals surface area contributed by atoms with Crippen LogP contribution >= 0.6 is 0 Å². The number of carbonyl (C=O) groups is 1. The molecule has 0 fully saturated rings. The third-order valence-electron chi connectivity index (χ3n) is 4.22. The van der Waals surface area contributed by atoms with Gasteiger partial charge in [-0.1, -0.05) is 30.3 Å². The molecule has 2 N–H and O–H groups in total. The Bertz CT molecular complexity index is 922. The Morgan fingerprint density at radius 3 is 2.58 bits per heavy atom. The van der Waals surface area contributed by atoms with Crippen LogP contribution in [0.15, 0.2) is 53.4 Å². The van der Waals surface area contributed by atoms with Gasteiger partial charge in [-0.25, -0.2) is 8.42 Å². The van der Waals surface area contributed by atoms with E-state index in [4.69, 9.17) is 4.74 Å². The van der Waals surface area contributed by atoms with E-state index in [2.05, 4.69) is 4.72 Å². The molecular weight excluding hydrogens is 354 g/mol. The molecule has 138 valence electrons. The van der Waals surface area contributed by atoms with Crippen LogP contribution in [0.4, 0.5) is 0 Å². The standard InChI is InChI=1S/C19H21NO5S/c1-19(2)12-14-11-15(8-9-17(14)25-19)26(23,24)20-16(18(21)22)10-13-6-4-3-5-7-13/h3-9,11,16,20H,10,12H2,1-2H3,(H,21,22)/t16-/m0/s1. The lowest BCUT2D eigenvalue weighted by Crippen LogP contribution is -2.42. The minimum absolute atomic E-state index is 0.0388. The van der Waals surface area contributed by atoms with Gasteiger partial charge in [0.15, 0.2) is 0 Å². The van der Waals surface area contributed by atoms with E-state index in [-0.39, 0.29) is 16.9 Å². The zero-order chi connectivity index (χ0) is 18.9. The zero-order valence-electron chi connectivity index (χ0n) is 14.6. The van der Waals surface area contributed by atoms with Gasteiger partial charge in [0, 0.05) is 6.42 Å². The Hall–Kier alpha value is -2.38. The lowest BCUT2D eigenvalue weighted by atomic mass is 10.0. The summed E-state index contributed by atoms with van der Waals surface area (Å²) in [5.74, 6) is -0.559. The number of nitrogens with one attached hydrogen (secondary N) is 1. The summed E-state index contributed by atoms with van der Waals surface area (Å²) in [4.78, 5) is 11.6. The molecule has 1 aliphatic rings. The molecule has 1 heterocycles. The highest BCUT2D eigenvalue weighted by atomic mass is 32.2. The van der Waals surface area contributed by atoms with Crippen LogP contribution in [-0.4, -0.2) is 31.1 Å². The quantitative estimate of drug-likeness (QED) is 0.809. The molecule has 26 heavy (non-hydrogen) atoms. The second-order valence-corrected chi connectivity index (χ2v) is 8.72. The van der Waals surface area contributed by atoms with Crippen molar-refractivity contribution in [3.63, 3.8) is 0 Å². The first-order valence-corrected chi connectivity index (χ1v) is 9.76. The van der Waals surface area contributed by atoms with Crippen molar-refractivity contribution >= 4 is 16.0 Å². The van der Waals surface area contributed by atoms with Crippen molar-refractivity contribution in [2.45, 2.75) is 43.2 Å². The average molecular weight is 375 g/mol. The normalized spacial score (nSPS) is 16.5. The largest absolute Gasteiger partial charge is 0.487 e. The van der Waals surface area contributed by atoms with Gasteiger partial charge in [-0.3, -0.25) is 4.79 Å². The average Bonchev–Trinajstić information content (AvgIpc) is 2.87. The Morgan fingerprint density at radius 1 is 1.23 bits per heavy atom. The van der Waals surface area contributed by atoms with Crippen molar-refractivity contribution < 1.29 is 23.1 Å². The van der Waals surface area contributed by atoms with Crippen molar-refractivity contribution in [2.75, 3.05) is 0 Å². The molecular formula is C19H21NO5S. The van der Waals surface area contributed by atoms with Crippen LogP contribution in [0.25, 0.3) is 0 Å². The van der Waals surface area contributed by atoms with Crippen LogP contribution in [0.5, 0.6) is 5.75 Å². The lowest BCUT2D eigenvalue weighted by Gasteiger charge is -2.16. The molecule has 0 aromatic heterocycles. The van der Waals surface area contributed by atoms with Gasteiger partial charge in [0.25, 0.3) is 0 Å². The molecule has 0 saturated carbocycles. The van der Waals surface area contributed by atoms with Gasteiger partial charge in [-0.15, -0.1) is 0 Å². The molecule has 2 aromatic rings. The third-order valence-corrected chi connectivity index (χ3v) is 5.69. The van der Waals surface area contributed by atoms with Gasteiger partial charge in [-0.05, 0) is 49.6 Å². The van der Waals surface area contributed by atoms with Crippen LogP contribution < -0.4 is 9.46 Å². The predicted octanol–water partition coefficient (Wildman–Crippen LogP) is 2.37. The van der Waals surface area contributed by atoms with E-state index in [0.717, 1.165) is 11.1 Å². The SMILES string of the molecule is CC1(C)Cc2cc(S(=O)(=O)N[C@@H](Cc3ccccc3)C(=O)O)ccc2O1. The van der Waals surface area contributed by atoms with Gasteiger partial charge in [0.2, 0.25) is 10.0 Å². The Kier molecular flexibility index (Phi) is 4.77. The topological polar surface area (TPSA) is 92.7 Å². The van der Waals surface area contributed by atoms with Crippen LogP contribution in [0.3, 0.4) is 0 Å². The maximum absolute atomic E-state index is 12.7. The summed E-state index contributed by atoms with van der Waals surface area (Å²) < 4.78 is 33.4. The van der Waals surface area contributed by atoms with Crippen LogP contribution in [0.1, 0.15) is 25.0 Å². The second kappa shape index (κ2) is 6.74. The van der Waals surface area contributed by atoms with Crippen LogP contribution in [-0.2, 0) is 27.7 Å². The highest BCUT2D eigenvalue weighted by Crippen LogP contribution is 2.36. The van der Waals surface area contributed by atoms with Gasteiger partial charge in [0.05, 0.1) is 4.90 Å². The monoisotopic (exact) mass is 375 g/mol. The Balaban J connectivity index is 1.82. The number of benzene rings is 2. The number of fused-ring (bicyclic) bond motifs is 1. The summed E-state index contributed by atoms with van der Waals surface area (Å²) >= 11 is 0. The molecule has 0 aliphatic carbocycles. The molecule has 0 radical (unpaired) electrons. The fourth-order valence-electron chi connectivity index (χ4n) is 3.04. The molecule has 2 aromatic carbocycles. The summed E-state index contributed by atoms with van der Waals surface area (Å²) in [6, 6.07) is 12.3. The molecule has 1 aliphatic heterocycles. The number of hydrogen-bond donors (Lipinski definition) is 2. The summed E-state index contributed by atoms with van der Waals surface area (Å²) in [6.07, 6.45) is 0.661. The molecule has 0 unspecified atom stereocenters. The molecule has 7 heteroatoms. The van der Waals surface area contributed by atoms with Gasteiger partial charge < -0.3 is 9.84 Å². The molecule has 0 saturated heterocycles. The minimum Gasteiger partial charge on any atom is -0.487 e. The van der Waals surface area contributed by atoms with E-state index in [1.165, 1.54) is 6.07 Å². The number of ether oxygens (including phenoxy) is 1. The fourth-order valence-corrected chi connectivity index (χ4v) is 4.28. The first-order valence-electron chi connectivity index (χ1n) is 8.27.